The average Bonchev–Trinajstić information content (AvgIpc) is 2.46. The van der Waals surface area contributed by atoms with Gasteiger partial charge in [-0.15, -0.1) is 12.4 Å². The van der Waals surface area contributed by atoms with E-state index in [4.69, 9.17) is 0 Å². The second kappa shape index (κ2) is 8.14. The number of para-hydroxylation sites is 1. The first-order valence-corrected chi connectivity index (χ1v) is 6.61. The minimum Gasteiger partial charge on any atom is -0.434 e. The zero-order valence-corrected chi connectivity index (χ0v) is 12.5. The fourth-order valence-electron chi connectivity index (χ4n) is 2.36. The summed E-state index contributed by atoms with van der Waals surface area (Å²) in [5, 5.41) is 3.22. The van der Waals surface area contributed by atoms with Gasteiger partial charge in [0.15, 0.2) is 0 Å². The summed E-state index contributed by atoms with van der Waals surface area (Å²) < 4.78 is 29.1. The molecule has 7 heteroatoms. The number of carbonyl (C=O) groups excluding carboxylic acids is 1. The van der Waals surface area contributed by atoms with Crippen LogP contribution in [0.5, 0.6) is 5.75 Å². The Morgan fingerprint density at radius 2 is 2.14 bits per heavy atom. The SMILES string of the molecule is CN(C(=O)c1ccccc1OC(F)F)C1CCCNC1.Cl. The minimum atomic E-state index is -2.94. The molecular weight excluding hydrogens is 302 g/mol. The van der Waals surface area contributed by atoms with Crippen molar-refractivity contribution in [1.29, 1.82) is 0 Å². The van der Waals surface area contributed by atoms with E-state index in [2.05, 4.69) is 10.1 Å². The maximum atomic E-state index is 12.4. The van der Waals surface area contributed by atoms with Crippen LogP contribution in [0.4, 0.5) is 8.78 Å². The number of nitrogens with one attached hydrogen (secondary N) is 1. The lowest BCUT2D eigenvalue weighted by molar-refractivity contribution is -0.0503. The molecular formula is C14H19ClF2N2O2. The molecule has 1 aromatic carbocycles. The highest BCUT2D eigenvalue weighted by Gasteiger charge is 2.25. The topological polar surface area (TPSA) is 41.6 Å². The fourth-order valence-corrected chi connectivity index (χ4v) is 2.36. The van der Waals surface area contributed by atoms with E-state index >= 15 is 0 Å². The molecule has 0 bridgehead atoms. The quantitative estimate of drug-likeness (QED) is 0.927. The van der Waals surface area contributed by atoms with Crippen LogP contribution < -0.4 is 10.1 Å². The molecule has 1 atom stereocenters. The van der Waals surface area contributed by atoms with Crippen LogP contribution in [-0.2, 0) is 0 Å². The van der Waals surface area contributed by atoms with Gasteiger partial charge in [0.1, 0.15) is 5.75 Å². The van der Waals surface area contributed by atoms with Gasteiger partial charge in [0.05, 0.1) is 5.56 Å². The van der Waals surface area contributed by atoms with Crippen molar-refractivity contribution in [2.24, 2.45) is 0 Å². The molecule has 2 rings (SSSR count). The molecule has 1 fully saturated rings. The van der Waals surface area contributed by atoms with Crippen LogP contribution in [0.15, 0.2) is 24.3 Å². The number of benzene rings is 1. The Kier molecular flexibility index (Phi) is 6.84. The van der Waals surface area contributed by atoms with E-state index in [1.54, 1.807) is 24.1 Å². The largest absolute Gasteiger partial charge is 0.434 e. The van der Waals surface area contributed by atoms with E-state index in [0.29, 0.717) is 0 Å². The molecule has 4 nitrogen and oxygen atoms in total. The molecule has 118 valence electrons. The second-order valence-electron chi connectivity index (χ2n) is 4.79. The van der Waals surface area contributed by atoms with Crippen molar-refractivity contribution in [1.82, 2.24) is 10.2 Å². The van der Waals surface area contributed by atoms with Gasteiger partial charge in [-0.3, -0.25) is 4.79 Å². The summed E-state index contributed by atoms with van der Waals surface area (Å²) in [7, 11) is 1.69. The monoisotopic (exact) mass is 320 g/mol. The number of halogens is 3. The van der Waals surface area contributed by atoms with Gasteiger partial charge < -0.3 is 15.0 Å². The first-order chi connectivity index (χ1) is 9.59. The summed E-state index contributed by atoms with van der Waals surface area (Å²) in [5.74, 6) is -0.377. The van der Waals surface area contributed by atoms with Crippen molar-refractivity contribution >= 4 is 18.3 Å². The smallest absolute Gasteiger partial charge is 0.387 e. The number of amides is 1. The van der Waals surface area contributed by atoms with Crippen molar-refractivity contribution < 1.29 is 18.3 Å². The maximum Gasteiger partial charge on any atom is 0.387 e. The standard InChI is InChI=1S/C14H18F2N2O2.ClH/c1-18(10-5-4-8-17-9-10)13(19)11-6-2-3-7-12(11)20-14(15)16;/h2-3,6-7,10,14,17H,4-5,8-9H2,1H3;1H. The first kappa shape index (κ1) is 17.7. The van der Waals surface area contributed by atoms with Crippen molar-refractivity contribution in [3.05, 3.63) is 29.8 Å². The van der Waals surface area contributed by atoms with Crippen LogP contribution in [-0.4, -0.2) is 43.6 Å². The summed E-state index contributed by atoms with van der Waals surface area (Å²) in [4.78, 5) is 14.0. The van der Waals surface area contributed by atoms with E-state index in [1.807, 2.05) is 0 Å². The third-order valence-electron chi connectivity index (χ3n) is 3.47. The first-order valence-electron chi connectivity index (χ1n) is 6.61. The van der Waals surface area contributed by atoms with Crippen LogP contribution in [0.3, 0.4) is 0 Å². The van der Waals surface area contributed by atoms with Crippen LogP contribution in [0.25, 0.3) is 0 Å². The van der Waals surface area contributed by atoms with Crippen molar-refractivity contribution in [2.45, 2.75) is 25.5 Å². The molecule has 1 heterocycles. The normalized spacial score (nSPS) is 18.0. The van der Waals surface area contributed by atoms with Gasteiger partial charge in [-0.2, -0.15) is 8.78 Å². The zero-order valence-electron chi connectivity index (χ0n) is 11.7. The molecule has 1 unspecified atom stereocenters. The molecule has 0 aliphatic carbocycles. The van der Waals surface area contributed by atoms with E-state index in [0.717, 1.165) is 25.9 Å². The summed E-state index contributed by atoms with van der Waals surface area (Å²) in [6.07, 6.45) is 1.91. The van der Waals surface area contributed by atoms with Crippen molar-refractivity contribution in [2.75, 3.05) is 20.1 Å². The van der Waals surface area contributed by atoms with Gasteiger partial charge in [0.2, 0.25) is 0 Å². The number of hydrogen-bond acceptors (Lipinski definition) is 3. The number of piperidine rings is 1. The van der Waals surface area contributed by atoms with Crippen LogP contribution >= 0.6 is 12.4 Å². The van der Waals surface area contributed by atoms with Gasteiger partial charge in [-0.1, -0.05) is 12.1 Å². The van der Waals surface area contributed by atoms with E-state index in [-0.39, 0.29) is 35.7 Å². The van der Waals surface area contributed by atoms with Crippen LogP contribution in [0.1, 0.15) is 23.2 Å². The molecule has 1 N–H and O–H groups in total. The van der Waals surface area contributed by atoms with Gasteiger partial charge in [-0.05, 0) is 31.5 Å². The van der Waals surface area contributed by atoms with E-state index < -0.39 is 6.61 Å². The zero-order chi connectivity index (χ0) is 14.5. The molecule has 0 saturated carbocycles. The lowest BCUT2D eigenvalue weighted by atomic mass is 10.0. The summed E-state index contributed by atoms with van der Waals surface area (Å²) in [5.41, 5.74) is 0.167. The highest BCUT2D eigenvalue weighted by molar-refractivity contribution is 5.97. The Bertz CT molecular complexity index is 468. The van der Waals surface area contributed by atoms with Crippen LogP contribution in [0, 0.1) is 0 Å². The predicted octanol–water partition coefficient (Wildman–Crippen LogP) is 2.53. The predicted molar refractivity (Wildman–Crippen MR) is 78.3 cm³/mol. The van der Waals surface area contributed by atoms with Crippen LogP contribution in [0.2, 0.25) is 0 Å². The molecule has 0 spiro atoms. The third kappa shape index (κ3) is 4.54. The number of likely N-dealkylation sites (N-methyl/N-ethyl adjacent to an activating group) is 1. The molecule has 1 aromatic rings. The molecule has 21 heavy (non-hydrogen) atoms. The number of carbonyl (C=O) groups is 1. The summed E-state index contributed by atoms with van der Waals surface area (Å²) in [6, 6.07) is 6.17. The maximum absolute atomic E-state index is 12.4. The van der Waals surface area contributed by atoms with Crippen molar-refractivity contribution in [3.8, 4) is 5.75 Å². The third-order valence-corrected chi connectivity index (χ3v) is 3.47. The van der Waals surface area contributed by atoms with E-state index in [9.17, 15) is 13.6 Å². The summed E-state index contributed by atoms with van der Waals surface area (Å²) >= 11 is 0. The Balaban J connectivity index is 0.00000220. The van der Waals surface area contributed by atoms with Gasteiger partial charge in [0.25, 0.3) is 5.91 Å². The van der Waals surface area contributed by atoms with Gasteiger partial charge >= 0.3 is 6.61 Å². The lowest BCUT2D eigenvalue weighted by Gasteiger charge is -2.32. The number of alkyl halides is 2. The highest BCUT2D eigenvalue weighted by Crippen LogP contribution is 2.23. The Labute approximate surface area is 128 Å². The number of rotatable bonds is 4. The fraction of sp³-hybridized carbons (Fsp3) is 0.500. The van der Waals surface area contributed by atoms with Crippen molar-refractivity contribution in [3.63, 3.8) is 0 Å². The Morgan fingerprint density at radius 3 is 2.76 bits per heavy atom. The molecule has 0 aromatic heterocycles. The van der Waals surface area contributed by atoms with E-state index in [1.165, 1.54) is 12.1 Å². The average molecular weight is 321 g/mol. The highest BCUT2D eigenvalue weighted by atomic mass is 35.5. The Hall–Kier alpha value is -1.40. The number of hydrogen-bond donors (Lipinski definition) is 1. The van der Waals surface area contributed by atoms with Gasteiger partial charge in [-0.25, -0.2) is 0 Å². The molecule has 1 saturated heterocycles. The summed E-state index contributed by atoms with van der Waals surface area (Å²) in [6.45, 7) is -1.27. The lowest BCUT2D eigenvalue weighted by Crippen LogP contribution is -2.46. The molecule has 1 aliphatic heterocycles. The van der Waals surface area contributed by atoms with Gasteiger partial charge in [0, 0.05) is 19.6 Å². The minimum absolute atomic E-state index is 0. The second-order valence-corrected chi connectivity index (χ2v) is 4.79. The molecule has 1 aliphatic rings. The molecule has 0 radical (unpaired) electrons. The Morgan fingerprint density at radius 1 is 1.43 bits per heavy atom. The number of ether oxygens (including phenoxy) is 1. The molecule has 1 amide bonds. The number of nitrogens with zero attached hydrogens (tertiary/aromatic N) is 1.